The van der Waals surface area contributed by atoms with Crippen molar-refractivity contribution in [1.82, 2.24) is 0 Å². The van der Waals surface area contributed by atoms with Crippen LogP contribution in [0.15, 0.2) is 48.5 Å². The van der Waals surface area contributed by atoms with Gasteiger partial charge in [-0.15, -0.1) is 0 Å². The zero-order valence-corrected chi connectivity index (χ0v) is 11.2. The highest BCUT2D eigenvalue weighted by Gasteiger charge is 2.13. The van der Waals surface area contributed by atoms with Gasteiger partial charge in [-0.2, -0.15) is 0 Å². The van der Waals surface area contributed by atoms with E-state index in [1.165, 1.54) is 0 Å². The summed E-state index contributed by atoms with van der Waals surface area (Å²) < 4.78 is 5.51. The molecule has 2 rings (SSSR count). The third kappa shape index (κ3) is 3.89. The van der Waals surface area contributed by atoms with Crippen molar-refractivity contribution in [1.29, 1.82) is 0 Å². The molecule has 20 heavy (non-hydrogen) atoms. The molecule has 3 nitrogen and oxygen atoms in total. The Morgan fingerprint density at radius 1 is 1.10 bits per heavy atom. The topological polar surface area (TPSA) is 49.7 Å². The summed E-state index contributed by atoms with van der Waals surface area (Å²) in [6.07, 6.45) is 0. The zero-order valence-electron chi connectivity index (χ0n) is 11.2. The van der Waals surface area contributed by atoms with Gasteiger partial charge in [-0.25, -0.2) is 0 Å². The van der Waals surface area contributed by atoms with Crippen molar-refractivity contribution >= 4 is 12.6 Å². The van der Waals surface area contributed by atoms with Crippen LogP contribution in [-0.2, 0) is 0 Å². The SMILES string of the molecule is Cc1cc(OCC#Cc2ccccc2)ccc1B(O)O. The molecular weight excluding hydrogens is 251 g/mol. The van der Waals surface area contributed by atoms with E-state index in [0.717, 1.165) is 11.1 Å². The zero-order chi connectivity index (χ0) is 14.4. The van der Waals surface area contributed by atoms with E-state index in [4.69, 9.17) is 14.8 Å². The number of hydrogen-bond donors (Lipinski definition) is 2. The molecule has 0 atom stereocenters. The second kappa shape index (κ2) is 6.81. The van der Waals surface area contributed by atoms with Gasteiger partial charge in [-0.1, -0.05) is 36.1 Å². The second-order valence-electron chi connectivity index (χ2n) is 4.35. The minimum Gasteiger partial charge on any atom is -0.481 e. The van der Waals surface area contributed by atoms with Crippen LogP contribution in [0.3, 0.4) is 0 Å². The summed E-state index contributed by atoms with van der Waals surface area (Å²) in [5.74, 6) is 6.60. The van der Waals surface area contributed by atoms with Crippen LogP contribution in [0.4, 0.5) is 0 Å². The van der Waals surface area contributed by atoms with Crippen molar-refractivity contribution < 1.29 is 14.8 Å². The number of ether oxygens (including phenoxy) is 1. The first kappa shape index (κ1) is 14.2. The van der Waals surface area contributed by atoms with Gasteiger partial charge in [0.05, 0.1) is 0 Å². The summed E-state index contributed by atoms with van der Waals surface area (Å²) >= 11 is 0. The van der Waals surface area contributed by atoms with E-state index in [1.54, 1.807) is 25.1 Å². The average Bonchev–Trinajstić information content (AvgIpc) is 2.44. The first-order valence-corrected chi connectivity index (χ1v) is 6.30. The monoisotopic (exact) mass is 266 g/mol. The van der Waals surface area contributed by atoms with Gasteiger partial charge in [0, 0.05) is 5.56 Å². The van der Waals surface area contributed by atoms with Gasteiger partial charge in [0.25, 0.3) is 0 Å². The summed E-state index contributed by atoms with van der Waals surface area (Å²) in [5.41, 5.74) is 2.20. The van der Waals surface area contributed by atoms with E-state index in [1.807, 2.05) is 30.3 Å². The lowest BCUT2D eigenvalue weighted by Gasteiger charge is -2.07. The normalized spacial score (nSPS) is 9.55. The lowest BCUT2D eigenvalue weighted by atomic mass is 9.77. The first-order chi connectivity index (χ1) is 9.66. The Morgan fingerprint density at radius 3 is 2.50 bits per heavy atom. The van der Waals surface area contributed by atoms with E-state index >= 15 is 0 Å². The Morgan fingerprint density at radius 2 is 1.85 bits per heavy atom. The molecule has 4 heteroatoms. The molecule has 100 valence electrons. The van der Waals surface area contributed by atoms with Gasteiger partial charge in [0.2, 0.25) is 0 Å². The lowest BCUT2D eigenvalue weighted by Crippen LogP contribution is -2.31. The van der Waals surface area contributed by atoms with Gasteiger partial charge >= 0.3 is 7.12 Å². The molecule has 0 aliphatic heterocycles. The molecular formula is C16H15BO3. The molecule has 0 fully saturated rings. The van der Waals surface area contributed by atoms with E-state index in [0.29, 0.717) is 11.2 Å². The standard InChI is InChI=1S/C16H15BO3/c1-13-12-15(9-10-16(13)17(18)19)20-11-5-8-14-6-3-2-4-7-14/h2-4,6-7,9-10,12,18-19H,11H2,1H3. The molecule has 0 aliphatic carbocycles. The minimum absolute atomic E-state index is 0.287. The van der Waals surface area contributed by atoms with Crippen molar-refractivity contribution in [3.63, 3.8) is 0 Å². The predicted molar refractivity (Wildman–Crippen MR) is 79.8 cm³/mol. The maximum absolute atomic E-state index is 9.13. The van der Waals surface area contributed by atoms with Crippen molar-refractivity contribution in [3.8, 4) is 17.6 Å². The Balaban J connectivity index is 1.95. The molecule has 0 saturated heterocycles. The smallest absolute Gasteiger partial charge is 0.481 e. The Kier molecular flexibility index (Phi) is 4.83. The quantitative estimate of drug-likeness (QED) is 0.646. The van der Waals surface area contributed by atoms with Crippen LogP contribution in [-0.4, -0.2) is 23.8 Å². The van der Waals surface area contributed by atoms with Crippen LogP contribution < -0.4 is 10.2 Å². The molecule has 0 saturated carbocycles. The summed E-state index contributed by atoms with van der Waals surface area (Å²) in [6.45, 7) is 2.09. The maximum Gasteiger partial charge on any atom is 0.488 e. The molecule has 0 bridgehead atoms. The fourth-order valence-electron chi connectivity index (χ4n) is 1.81. The third-order valence-corrected chi connectivity index (χ3v) is 2.84. The van der Waals surface area contributed by atoms with Crippen LogP contribution in [0.5, 0.6) is 5.75 Å². The van der Waals surface area contributed by atoms with Gasteiger partial charge in [0.1, 0.15) is 12.4 Å². The molecule has 0 amide bonds. The maximum atomic E-state index is 9.13. The summed E-state index contributed by atoms with van der Waals surface area (Å²) in [6, 6.07) is 14.8. The van der Waals surface area contributed by atoms with E-state index in [-0.39, 0.29) is 6.61 Å². The van der Waals surface area contributed by atoms with Crippen LogP contribution in [0.2, 0.25) is 0 Å². The molecule has 0 radical (unpaired) electrons. The van der Waals surface area contributed by atoms with Gasteiger partial charge in [0.15, 0.2) is 0 Å². The fraction of sp³-hybridized carbons (Fsp3) is 0.125. The minimum atomic E-state index is -1.46. The highest BCUT2D eigenvalue weighted by Crippen LogP contribution is 2.11. The number of rotatable bonds is 3. The first-order valence-electron chi connectivity index (χ1n) is 6.30. The van der Waals surface area contributed by atoms with E-state index in [9.17, 15) is 0 Å². The molecule has 2 N–H and O–H groups in total. The number of aryl methyl sites for hydroxylation is 1. The molecule has 0 heterocycles. The Hall–Kier alpha value is -2.22. The van der Waals surface area contributed by atoms with Crippen LogP contribution >= 0.6 is 0 Å². The van der Waals surface area contributed by atoms with Gasteiger partial charge < -0.3 is 14.8 Å². The van der Waals surface area contributed by atoms with Crippen molar-refractivity contribution in [3.05, 3.63) is 59.7 Å². The average molecular weight is 266 g/mol. The van der Waals surface area contributed by atoms with Gasteiger partial charge in [-0.05, 0) is 42.2 Å². The molecule has 0 spiro atoms. The summed E-state index contributed by atoms with van der Waals surface area (Å²) in [7, 11) is -1.46. The van der Waals surface area contributed by atoms with Crippen LogP contribution in [0.1, 0.15) is 11.1 Å². The van der Waals surface area contributed by atoms with Gasteiger partial charge in [-0.3, -0.25) is 0 Å². The highest BCUT2D eigenvalue weighted by molar-refractivity contribution is 6.59. The van der Waals surface area contributed by atoms with Crippen molar-refractivity contribution in [2.24, 2.45) is 0 Å². The second-order valence-corrected chi connectivity index (χ2v) is 4.35. The number of benzene rings is 2. The largest absolute Gasteiger partial charge is 0.488 e. The molecule has 2 aromatic rings. The van der Waals surface area contributed by atoms with Crippen molar-refractivity contribution in [2.45, 2.75) is 6.92 Å². The molecule has 0 aromatic heterocycles. The fourth-order valence-corrected chi connectivity index (χ4v) is 1.81. The van der Waals surface area contributed by atoms with Crippen LogP contribution in [0.25, 0.3) is 0 Å². The summed E-state index contributed by atoms with van der Waals surface area (Å²) in [5, 5.41) is 18.3. The van der Waals surface area contributed by atoms with E-state index in [2.05, 4.69) is 11.8 Å². The number of hydrogen-bond acceptors (Lipinski definition) is 3. The van der Waals surface area contributed by atoms with Crippen molar-refractivity contribution in [2.75, 3.05) is 6.61 Å². The molecule has 0 unspecified atom stereocenters. The predicted octanol–water partition coefficient (Wildman–Crippen LogP) is 1.11. The lowest BCUT2D eigenvalue weighted by molar-refractivity contribution is 0.370. The van der Waals surface area contributed by atoms with Crippen LogP contribution in [0, 0.1) is 18.8 Å². The highest BCUT2D eigenvalue weighted by atomic mass is 16.5. The Labute approximate surface area is 119 Å². The Bertz CT molecular complexity index is 627. The third-order valence-electron chi connectivity index (χ3n) is 2.84. The summed E-state index contributed by atoms with van der Waals surface area (Å²) in [4.78, 5) is 0. The molecule has 2 aromatic carbocycles. The molecule has 0 aliphatic rings. The van der Waals surface area contributed by atoms with E-state index < -0.39 is 7.12 Å².